The molecule has 0 radical (unpaired) electrons. The van der Waals surface area contributed by atoms with Gasteiger partial charge in [-0.15, -0.1) is 0 Å². The van der Waals surface area contributed by atoms with Gasteiger partial charge in [0.1, 0.15) is 0 Å². The largest absolute Gasteiger partial charge is 0.461 e. The molecule has 0 aliphatic rings. The van der Waals surface area contributed by atoms with E-state index >= 15 is 0 Å². The number of rotatable bonds is 4. The number of nitrogen functional groups attached to an aromatic ring is 1. The van der Waals surface area contributed by atoms with Gasteiger partial charge in [0, 0.05) is 11.2 Å². The quantitative estimate of drug-likeness (QED) is 0.793. The number of allylic oxidation sites excluding steroid dienone is 1. The number of ether oxygens (including phenoxy) is 1. The molecule has 0 aliphatic heterocycles. The fourth-order valence-corrected chi connectivity index (χ4v) is 1.17. The minimum Gasteiger partial charge on any atom is -0.461 e. The van der Waals surface area contributed by atoms with Crippen LogP contribution in [-0.4, -0.2) is 22.4 Å². The molecular formula is C9H12ClN3O2. The van der Waals surface area contributed by atoms with E-state index in [0.29, 0.717) is 11.6 Å². The third-order valence-electron chi connectivity index (χ3n) is 1.59. The lowest BCUT2D eigenvalue weighted by Gasteiger charge is -1.98. The summed E-state index contributed by atoms with van der Waals surface area (Å²) in [5.74, 6) is -0.533. The van der Waals surface area contributed by atoms with Gasteiger partial charge in [-0.3, -0.25) is 4.68 Å². The molecule has 0 atom stereocenters. The summed E-state index contributed by atoms with van der Waals surface area (Å²) in [6.07, 6.45) is 1.51. The van der Waals surface area contributed by atoms with E-state index in [9.17, 15) is 4.79 Å². The van der Waals surface area contributed by atoms with Gasteiger partial charge in [0.15, 0.2) is 5.69 Å². The second kappa shape index (κ2) is 4.84. The molecule has 0 bridgehead atoms. The maximum absolute atomic E-state index is 11.3. The molecular weight excluding hydrogens is 218 g/mol. The summed E-state index contributed by atoms with van der Waals surface area (Å²) < 4.78 is 6.22. The molecule has 0 fully saturated rings. The number of halogens is 1. The normalized spacial score (nSPS) is 10.0. The Morgan fingerprint density at radius 3 is 3.00 bits per heavy atom. The van der Waals surface area contributed by atoms with Crippen molar-refractivity contribution in [1.29, 1.82) is 0 Å². The third-order valence-corrected chi connectivity index (χ3v) is 1.71. The second-order valence-corrected chi connectivity index (χ2v) is 3.40. The van der Waals surface area contributed by atoms with Crippen molar-refractivity contribution < 1.29 is 9.53 Å². The fraction of sp³-hybridized carbons (Fsp3) is 0.333. The van der Waals surface area contributed by atoms with Crippen LogP contribution < -0.4 is 5.73 Å². The van der Waals surface area contributed by atoms with Gasteiger partial charge in [0.2, 0.25) is 0 Å². The number of nitrogens with zero attached hydrogens (tertiary/aromatic N) is 2. The van der Waals surface area contributed by atoms with Crippen molar-refractivity contribution in [3.05, 3.63) is 23.5 Å². The third kappa shape index (κ3) is 2.99. The summed E-state index contributed by atoms with van der Waals surface area (Å²) in [4.78, 5) is 11.3. The van der Waals surface area contributed by atoms with Gasteiger partial charge in [-0.1, -0.05) is 18.2 Å². The van der Waals surface area contributed by atoms with Crippen molar-refractivity contribution in [2.75, 3.05) is 12.3 Å². The predicted molar refractivity (Wildman–Crippen MR) is 57.6 cm³/mol. The summed E-state index contributed by atoms with van der Waals surface area (Å²) in [7, 11) is 0. The molecule has 82 valence electrons. The maximum Gasteiger partial charge on any atom is 0.361 e. The zero-order valence-corrected chi connectivity index (χ0v) is 9.12. The van der Waals surface area contributed by atoms with Crippen LogP contribution in [0.2, 0.25) is 0 Å². The zero-order chi connectivity index (χ0) is 11.4. The molecule has 0 saturated carbocycles. The molecule has 1 rings (SSSR count). The Morgan fingerprint density at radius 2 is 2.47 bits per heavy atom. The van der Waals surface area contributed by atoms with E-state index in [4.69, 9.17) is 22.1 Å². The average molecular weight is 230 g/mol. The number of hydrogen-bond acceptors (Lipinski definition) is 4. The lowest BCUT2D eigenvalue weighted by Crippen LogP contribution is -2.08. The van der Waals surface area contributed by atoms with Crippen molar-refractivity contribution >= 4 is 23.3 Å². The Morgan fingerprint density at radius 1 is 1.80 bits per heavy atom. The first kappa shape index (κ1) is 11.6. The molecule has 2 N–H and O–H groups in total. The number of esters is 1. The van der Waals surface area contributed by atoms with Crippen LogP contribution in [-0.2, 0) is 11.3 Å². The van der Waals surface area contributed by atoms with E-state index in [1.165, 1.54) is 10.9 Å². The highest BCUT2D eigenvalue weighted by Crippen LogP contribution is 2.12. The fourth-order valence-electron chi connectivity index (χ4n) is 1.05. The minimum absolute atomic E-state index is 0.106. The molecule has 6 heteroatoms. The molecule has 0 aliphatic carbocycles. The van der Waals surface area contributed by atoms with Crippen LogP contribution in [0.4, 0.5) is 5.69 Å². The smallest absolute Gasteiger partial charge is 0.361 e. The predicted octanol–water partition coefficient (Wildman–Crippen LogP) is 1.39. The Balaban J connectivity index is 2.86. The van der Waals surface area contributed by atoms with E-state index in [1.54, 1.807) is 6.92 Å². The molecule has 1 aromatic heterocycles. The molecule has 0 amide bonds. The van der Waals surface area contributed by atoms with Crippen molar-refractivity contribution in [3.8, 4) is 0 Å². The number of anilines is 1. The first-order valence-corrected chi connectivity index (χ1v) is 4.75. The number of carbonyl (C=O) groups is 1. The van der Waals surface area contributed by atoms with Crippen LogP contribution in [0.25, 0.3) is 0 Å². The second-order valence-electron chi connectivity index (χ2n) is 2.87. The number of carbonyl (C=O) groups excluding carboxylic acids is 1. The zero-order valence-electron chi connectivity index (χ0n) is 8.36. The van der Waals surface area contributed by atoms with Gasteiger partial charge in [0.05, 0.1) is 18.8 Å². The van der Waals surface area contributed by atoms with E-state index in [2.05, 4.69) is 11.7 Å². The molecule has 0 saturated heterocycles. The first-order chi connectivity index (χ1) is 7.04. The first-order valence-electron chi connectivity index (χ1n) is 4.38. The Kier molecular flexibility index (Phi) is 3.74. The van der Waals surface area contributed by atoms with Gasteiger partial charge in [-0.25, -0.2) is 4.79 Å². The molecule has 0 unspecified atom stereocenters. The Bertz CT molecular complexity index is 387. The van der Waals surface area contributed by atoms with Gasteiger partial charge < -0.3 is 10.5 Å². The van der Waals surface area contributed by atoms with Crippen molar-refractivity contribution in [2.24, 2.45) is 0 Å². The monoisotopic (exact) mass is 229 g/mol. The van der Waals surface area contributed by atoms with Crippen LogP contribution >= 0.6 is 11.6 Å². The van der Waals surface area contributed by atoms with Crippen molar-refractivity contribution in [3.63, 3.8) is 0 Å². The standard InChI is InChI=1S/C9H12ClN3O2/c1-3-15-9(14)8-7(11)5-13(12-8)4-6(2)10/h5H,2-4,11H2,1H3. The van der Waals surface area contributed by atoms with Crippen LogP contribution in [0.5, 0.6) is 0 Å². The van der Waals surface area contributed by atoms with Crippen LogP contribution in [0.1, 0.15) is 17.4 Å². The Labute approximate surface area is 92.5 Å². The van der Waals surface area contributed by atoms with Crippen molar-refractivity contribution in [1.82, 2.24) is 9.78 Å². The van der Waals surface area contributed by atoms with E-state index in [-0.39, 0.29) is 18.0 Å². The minimum atomic E-state index is -0.533. The molecule has 15 heavy (non-hydrogen) atoms. The molecule has 5 nitrogen and oxygen atoms in total. The molecule has 1 heterocycles. The summed E-state index contributed by atoms with van der Waals surface area (Å²) in [6.45, 7) is 5.83. The number of nitrogens with two attached hydrogens (primary N) is 1. The Hall–Kier alpha value is -1.49. The molecule has 0 spiro atoms. The van der Waals surface area contributed by atoms with E-state index in [0.717, 1.165) is 0 Å². The average Bonchev–Trinajstić information content (AvgIpc) is 2.46. The maximum atomic E-state index is 11.3. The van der Waals surface area contributed by atoms with Crippen LogP contribution in [0.15, 0.2) is 17.8 Å². The van der Waals surface area contributed by atoms with Gasteiger partial charge in [0.25, 0.3) is 0 Å². The summed E-state index contributed by atoms with van der Waals surface area (Å²) in [5.41, 5.74) is 5.97. The lowest BCUT2D eigenvalue weighted by molar-refractivity contribution is 0.0519. The number of hydrogen-bond donors (Lipinski definition) is 1. The summed E-state index contributed by atoms with van der Waals surface area (Å²) in [5, 5.41) is 4.35. The van der Waals surface area contributed by atoms with Gasteiger partial charge in [-0.05, 0) is 6.92 Å². The summed E-state index contributed by atoms with van der Waals surface area (Å²) in [6, 6.07) is 0. The van der Waals surface area contributed by atoms with Gasteiger partial charge >= 0.3 is 5.97 Å². The van der Waals surface area contributed by atoms with E-state index in [1.807, 2.05) is 0 Å². The van der Waals surface area contributed by atoms with Gasteiger partial charge in [-0.2, -0.15) is 5.10 Å². The number of aromatic nitrogens is 2. The SMILES string of the molecule is C=C(Cl)Cn1cc(N)c(C(=O)OCC)n1. The topological polar surface area (TPSA) is 70.1 Å². The highest BCUT2D eigenvalue weighted by Gasteiger charge is 2.15. The lowest BCUT2D eigenvalue weighted by atomic mass is 10.4. The summed E-state index contributed by atoms with van der Waals surface area (Å²) >= 11 is 5.60. The molecule has 1 aromatic rings. The van der Waals surface area contributed by atoms with Crippen LogP contribution in [0.3, 0.4) is 0 Å². The molecule has 0 aromatic carbocycles. The highest BCUT2D eigenvalue weighted by molar-refractivity contribution is 6.29. The van der Waals surface area contributed by atoms with Crippen molar-refractivity contribution in [2.45, 2.75) is 13.5 Å². The van der Waals surface area contributed by atoms with E-state index < -0.39 is 5.97 Å². The highest BCUT2D eigenvalue weighted by atomic mass is 35.5. The van der Waals surface area contributed by atoms with Crippen LogP contribution in [0, 0.1) is 0 Å².